The zero-order chi connectivity index (χ0) is 15.2. The lowest BCUT2D eigenvalue weighted by Gasteiger charge is -2.12. The van der Waals surface area contributed by atoms with Gasteiger partial charge in [0.2, 0.25) is 5.91 Å². The molecular formula is C15H15ClFNOS2. The number of hydrogen-bond acceptors (Lipinski definition) is 3. The van der Waals surface area contributed by atoms with Crippen molar-refractivity contribution < 1.29 is 9.18 Å². The van der Waals surface area contributed by atoms with Crippen molar-refractivity contribution in [1.29, 1.82) is 0 Å². The molecule has 0 fully saturated rings. The average molecular weight is 344 g/mol. The quantitative estimate of drug-likeness (QED) is 0.756. The third-order valence-electron chi connectivity index (χ3n) is 2.82. The summed E-state index contributed by atoms with van der Waals surface area (Å²) in [5.41, 5.74) is 0. The maximum Gasteiger partial charge on any atom is 0.221 e. The molecule has 0 radical (unpaired) electrons. The molecule has 2 rings (SSSR count). The van der Waals surface area contributed by atoms with Gasteiger partial charge in [-0.1, -0.05) is 23.7 Å². The predicted octanol–water partition coefficient (Wildman–Crippen LogP) is 4.90. The smallest absolute Gasteiger partial charge is 0.221 e. The van der Waals surface area contributed by atoms with Gasteiger partial charge in [0.05, 0.1) is 10.4 Å². The molecule has 2 nitrogen and oxygen atoms in total. The Morgan fingerprint density at radius 2 is 2.14 bits per heavy atom. The summed E-state index contributed by atoms with van der Waals surface area (Å²) in [6.45, 7) is 1.92. The number of carbonyl (C=O) groups is 1. The predicted molar refractivity (Wildman–Crippen MR) is 87.6 cm³/mol. The van der Waals surface area contributed by atoms with Crippen LogP contribution in [0.1, 0.15) is 24.3 Å². The van der Waals surface area contributed by atoms with Crippen molar-refractivity contribution in [3.63, 3.8) is 0 Å². The van der Waals surface area contributed by atoms with Crippen molar-refractivity contribution in [2.24, 2.45) is 0 Å². The second-order valence-electron chi connectivity index (χ2n) is 4.46. The zero-order valence-electron chi connectivity index (χ0n) is 11.4. The van der Waals surface area contributed by atoms with Crippen LogP contribution >= 0.6 is 34.7 Å². The summed E-state index contributed by atoms with van der Waals surface area (Å²) >= 11 is 8.68. The van der Waals surface area contributed by atoms with E-state index in [9.17, 15) is 9.18 Å². The third kappa shape index (κ3) is 5.02. The second kappa shape index (κ2) is 7.82. The van der Waals surface area contributed by atoms with Gasteiger partial charge in [-0.05, 0) is 31.2 Å². The summed E-state index contributed by atoms with van der Waals surface area (Å²) in [6.07, 6.45) is 0.350. The summed E-state index contributed by atoms with van der Waals surface area (Å²) < 4.78 is 14.1. The van der Waals surface area contributed by atoms with E-state index in [1.165, 1.54) is 29.2 Å². The Labute approximate surface area is 136 Å². The molecule has 1 aromatic heterocycles. The lowest BCUT2D eigenvalue weighted by atomic mass is 10.2. The minimum Gasteiger partial charge on any atom is -0.349 e. The van der Waals surface area contributed by atoms with Crippen LogP contribution in [-0.4, -0.2) is 11.7 Å². The van der Waals surface area contributed by atoms with Gasteiger partial charge in [0.1, 0.15) is 5.82 Å². The Bertz CT molecular complexity index is 617. The number of halogens is 2. The molecule has 6 heteroatoms. The van der Waals surface area contributed by atoms with E-state index in [0.717, 1.165) is 4.88 Å². The van der Waals surface area contributed by atoms with E-state index >= 15 is 0 Å². The maximum absolute atomic E-state index is 13.4. The topological polar surface area (TPSA) is 29.1 Å². The number of rotatable bonds is 6. The molecule has 0 bridgehead atoms. The summed E-state index contributed by atoms with van der Waals surface area (Å²) in [6, 6.07) is 10.2. The molecular weight excluding hydrogens is 329 g/mol. The standard InChI is InChI=1S/C15H15ClFNOS2/c1-10(12-6-7-14(16)21-12)18-15(19)8-9-20-13-5-3-2-4-11(13)17/h2-7,10H,8-9H2,1H3,(H,18,19). The SMILES string of the molecule is CC(NC(=O)CCSc1ccccc1F)c1ccc(Cl)s1. The van der Waals surface area contributed by atoms with Gasteiger partial charge >= 0.3 is 0 Å². The fraction of sp³-hybridized carbons (Fsp3) is 0.267. The molecule has 1 unspecified atom stereocenters. The summed E-state index contributed by atoms with van der Waals surface area (Å²) in [5.74, 6) is 0.255. The molecule has 0 aliphatic heterocycles. The largest absolute Gasteiger partial charge is 0.349 e. The molecule has 112 valence electrons. The van der Waals surface area contributed by atoms with E-state index in [2.05, 4.69) is 5.32 Å². The monoisotopic (exact) mass is 343 g/mol. The van der Waals surface area contributed by atoms with E-state index in [1.807, 2.05) is 19.1 Å². The third-order valence-corrected chi connectivity index (χ3v) is 5.29. The highest BCUT2D eigenvalue weighted by atomic mass is 35.5. The van der Waals surface area contributed by atoms with Crippen LogP contribution in [0, 0.1) is 5.82 Å². The molecule has 1 N–H and O–H groups in total. The van der Waals surface area contributed by atoms with E-state index in [1.54, 1.807) is 18.2 Å². The number of carbonyl (C=O) groups excluding carboxylic acids is 1. The molecule has 0 saturated heterocycles. The fourth-order valence-corrected chi connectivity index (χ4v) is 3.71. The van der Waals surface area contributed by atoms with Gasteiger partial charge in [-0.2, -0.15) is 0 Å². The molecule has 2 aromatic rings. The van der Waals surface area contributed by atoms with E-state index in [0.29, 0.717) is 21.4 Å². The highest BCUT2D eigenvalue weighted by molar-refractivity contribution is 7.99. The average Bonchev–Trinajstić information content (AvgIpc) is 2.88. The Morgan fingerprint density at radius 1 is 1.38 bits per heavy atom. The lowest BCUT2D eigenvalue weighted by Crippen LogP contribution is -2.26. The lowest BCUT2D eigenvalue weighted by molar-refractivity contribution is -0.121. The van der Waals surface area contributed by atoms with Gasteiger partial charge in [-0.3, -0.25) is 4.79 Å². The molecule has 0 spiro atoms. The fourth-order valence-electron chi connectivity index (χ4n) is 1.76. The van der Waals surface area contributed by atoms with Crippen molar-refractivity contribution in [2.75, 3.05) is 5.75 Å². The number of hydrogen-bond donors (Lipinski definition) is 1. The van der Waals surface area contributed by atoms with Gasteiger partial charge in [0, 0.05) is 21.9 Å². The Kier molecular flexibility index (Phi) is 6.08. The molecule has 1 atom stereocenters. The van der Waals surface area contributed by atoms with Crippen molar-refractivity contribution >= 4 is 40.6 Å². The van der Waals surface area contributed by atoms with E-state index < -0.39 is 0 Å². The summed E-state index contributed by atoms with van der Waals surface area (Å²) in [5, 5.41) is 2.92. The summed E-state index contributed by atoms with van der Waals surface area (Å²) in [7, 11) is 0. The molecule has 1 amide bonds. The van der Waals surface area contributed by atoms with Crippen molar-refractivity contribution in [3.8, 4) is 0 Å². The molecule has 1 aromatic carbocycles. The van der Waals surface area contributed by atoms with Gasteiger partial charge in [-0.25, -0.2) is 4.39 Å². The van der Waals surface area contributed by atoms with Gasteiger partial charge < -0.3 is 5.32 Å². The van der Waals surface area contributed by atoms with Crippen LogP contribution in [0.5, 0.6) is 0 Å². The van der Waals surface area contributed by atoms with Gasteiger partial charge in [0.15, 0.2) is 0 Å². The maximum atomic E-state index is 13.4. The first-order chi connectivity index (χ1) is 10.1. The molecule has 0 aliphatic carbocycles. The summed E-state index contributed by atoms with van der Waals surface area (Å²) in [4.78, 5) is 13.5. The zero-order valence-corrected chi connectivity index (χ0v) is 13.8. The minimum absolute atomic E-state index is 0.0455. The van der Waals surface area contributed by atoms with Crippen LogP contribution < -0.4 is 5.32 Å². The molecule has 21 heavy (non-hydrogen) atoms. The van der Waals surface area contributed by atoms with Crippen LogP contribution in [0.25, 0.3) is 0 Å². The Hall–Kier alpha value is -1.04. The van der Waals surface area contributed by atoms with Crippen LogP contribution in [0.2, 0.25) is 4.34 Å². The first kappa shape index (κ1) is 16.3. The molecule has 0 saturated carbocycles. The van der Waals surface area contributed by atoms with Crippen molar-refractivity contribution in [2.45, 2.75) is 24.3 Å². The Morgan fingerprint density at radius 3 is 2.81 bits per heavy atom. The van der Waals surface area contributed by atoms with Crippen LogP contribution in [0.15, 0.2) is 41.3 Å². The van der Waals surface area contributed by atoms with Gasteiger partial charge in [0.25, 0.3) is 0 Å². The van der Waals surface area contributed by atoms with E-state index in [-0.39, 0.29) is 17.8 Å². The molecule has 0 aliphatic rings. The second-order valence-corrected chi connectivity index (χ2v) is 7.34. The highest BCUT2D eigenvalue weighted by Crippen LogP contribution is 2.27. The number of nitrogens with one attached hydrogen (secondary N) is 1. The van der Waals surface area contributed by atoms with Crippen LogP contribution in [0.4, 0.5) is 4.39 Å². The highest BCUT2D eigenvalue weighted by Gasteiger charge is 2.12. The van der Waals surface area contributed by atoms with E-state index in [4.69, 9.17) is 11.6 Å². The number of amides is 1. The normalized spacial score (nSPS) is 12.1. The van der Waals surface area contributed by atoms with Gasteiger partial charge in [-0.15, -0.1) is 23.1 Å². The minimum atomic E-state index is -0.246. The van der Waals surface area contributed by atoms with Crippen molar-refractivity contribution in [3.05, 3.63) is 51.4 Å². The molecule has 1 heterocycles. The number of benzene rings is 1. The van der Waals surface area contributed by atoms with Crippen LogP contribution in [0.3, 0.4) is 0 Å². The van der Waals surface area contributed by atoms with Crippen LogP contribution in [-0.2, 0) is 4.79 Å². The van der Waals surface area contributed by atoms with Crippen molar-refractivity contribution in [1.82, 2.24) is 5.32 Å². The first-order valence-corrected chi connectivity index (χ1v) is 8.66. The first-order valence-electron chi connectivity index (χ1n) is 6.48. The number of thioether (sulfide) groups is 1. The Balaban J connectivity index is 1.76. The number of thiophene rings is 1.